The van der Waals surface area contributed by atoms with E-state index in [9.17, 15) is 18.3 Å². The van der Waals surface area contributed by atoms with Gasteiger partial charge in [0.25, 0.3) is 0 Å². The average molecular weight is 382 g/mol. The standard InChI is InChI=1S/C14H18N6O5S/c1-9-13(10(2)25-17-9)26(23,24)18-12-8-19(5-6-20(12)14(21)22)11-7-15-3-4-16-11/h3-4,7,12,18H,5-6,8H2,1-2H3,(H,21,22). The molecule has 2 aromatic rings. The molecule has 140 valence electrons. The van der Waals surface area contributed by atoms with Crippen molar-refractivity contribution in [3.8, 4) is 0 Å². The van der Waals surface area contributed by atoms with Crippen LogP contribution >= 0.6 is 0 Å². The zero-order valence-corrected chi connectivity index (χ0v) is 15.0. The number of nitrogens with zero attached hydrogens (tertiary/aromatic N) is 5. The van der Waals surface area contributed by atoms with Gasteiger partial charge >= 0.3 is 6.09 Å². The summed E-state index contributed by atoms with van der Waals surface area (Å²) in [6.07, 6.45) is 2.37. The van der Waals surface area contributed by atoms with Crippen LogP contribution in [0.5, 0.6) is 0 Å². The number of piperazine rings is 1. The third-order valence-electron chi connectivity index (χ3n) is 4.03. The molecule has 1 amide bonds. The molecule has 3 rings (SSSR count). The Morgan fingerprint density at radius 3 is 2.69 bits per heavy atom. The molecule has 2 aromatic heterocycles. The molecular weight excluding hydrogens is 364 g/mol. The molecule has 0 saturated carbocycles. The zero-order valence-electron chi connectivity index (χ0n) is 14.2. The van der Waals surface area contributed by atoms with Crippen molar-refractivity contribution in [1.82, 2.24) is 24.7 Å². The topological polar surface area (TPSA) is 142 Å². The molecular formula is C14H18N6O5S. The first-order chi connectivity index (χ1) is 12.3. The second kappa shape index (κ2) is 6.88. The number of carboxylic acid groups (broad SMARTS) is 1. The van der Waals surface area contributed by atoms with Gasteiger partial charge in [-0.1, -0.05) is 5.16 Å². The van der Waals surface area contributed by atoms with Crippen molar-refractivity contribution in [2.75, 3.05) is 24.5 Å². The summed E-state index contributed by atoms with van der Waals surface area (Å²) in [5.41, 5.74) is 0.207. The predicted molar refractivity (Wildman–Crippen MR) is 89.1 cm³/mol. The number of hydrogen-bond donors (Lipinski definition) is 2. The van der Waals surface area contributed by atoms with Gasteiger partial charge in [0.05, 0.1) is 12.7 Å². The van der Waals surface area contributed by atoms with Crippen LogP contribution < -0.4 is 9.62 Å². The summed E-state index contributed by atoms with van der Waals surface area (Å²) in [7, 11) is -4.02. The van der Waals surface area contributed by atoms with Crippen LogP contribution in [0.25, 0.3) is 0 Å². The van der Waals surface area contributed by atoms with Crippen LogP contribution in [0.15, 0.2) is 28.0 Å². The Morgan fingerprint density at radius 2 is 2.12 bits per heavy atom. The molecule has 26 heavy (non-hydrogen) atoms. The van der Waals surface area contributed by atoms with Gasteiger partial charge in [-0.3, -0.25) is 9.88 Å². The number of rotatable bonds is 4. The van der Waals surface area contributed by atoms with Crippen LogP contribution in [0, 0.1) is 13.8 Å². The molecule has 1 unspecified atom stereocenters. The Bertz CT molecular complexity index is 880. The van der Waals surface area contributed by atoms with E-state index in [1.54, 1.807) is 4.90 Å². The van der Waals surface area contributed by atoms with Gasteiger partial charge in [-0.05, 0) is 13.8 Å². The lowest BCUT2D eigenvalue weighted by Gasteiger charge is -2.40. The number of aryl methyl sites for hydroxylation is 2. The fourth-order valence-corrected chi connectivity index (χ4v) is 4.39. The number of hydrogen-bond acceptors (Lipinski definition) is 8. The van der Waals surface area contributed by atoms with E-state index >= 15 is 0 Å². The SMILES string of the molecule is Cc1noc(C)c1S(=O)(=O)NC1CN(c2cnccn2)CCN1C(=O)O. The first kappa shape index (κ1) is 18.1. The molecule has 11 nitrogen and oxygen atoms in total. The Hall–Kier alpha value is -2.73. The molecule has 0 spiro atoms. The molecule has 0 radical (unpaired) electrons. The first-order valence-electron chi connectivity index (χ1n) is 7.75. The van der Waals surface area contributed by atoms with Gasteiger partial charge in [-0.2, -0.15) is 4.72 Å². The van der Waals surface area contributed by atoms with Gasteiger partial charge in [0, 0.05) is 25.5 Å². The summed E-state index contributed by atoms with van der Waals surface area (Å²) in [6.45, 7) is 3.56. The van der Waals surface area contributed by atoms with Crippen molar-refractivity contribution in [2.45, 2.75) is 24.9 Å². The minimum atomic E-state index is -4.02. The monoisotopic (exact) mass is 382 g/mol. The quantitative estimate of drug-likeness (QED) is 0.757. The largest absolute Gasteiger partial charge is 0.465 e. The van der Waals surface area contributed by atoms with E-state index in [0.29, 0.717) is 12.4 Å². The maximum absolute atomic E-state index is 12.7. The molecule has 12 heteroatoms. The van der Waals surface area contributed by atoms with Gasteiger partial charge in [0.2, 0.25) is 10.0 Å². The lowest BCUT2D eigenvalue weighted by molar-refractivity contribution is 0.114. The highest BCUT2D eigenvalue weighted by Crippen LogP contribution is 2.21. The second-order valence-corrected chi connectivity index (χ2v) is 7.43. The van der Waals surface area contributed by atoms with E-state index in [1.165, 1.54) is 32.4 Å². The number of amides is 1. The van der Waals surface area contributed by atoms with Crippen molar-refractivity contribution in [3.63, 3.8) is 0 Å². The van der Waals surface area contributed by atoms with Crippen LogP contribution in [0.4, 0.5) is 10.6 Å². The van der Waals surface area contributed by atoms with Crippen LogP contribution in [0.3, 0.4) is 0 Å². The van der Waals surface area contributed by atoms with Crippen molar-refractivity contribution in [3.05, 3.63) is 30.0 Å². The smallest absolute Gasteiger partial charge is 0.408 e. The Labute approximate surface area is 149 Å². The summed E-state index contributed by atoms with van der Waals surface area (Å²) in [6, 6.07) is 0. The van der Waals surface area contributed by atoms with E-state index < -0.39 is 22.3 Å². The van der Waals surface area contributed by atoms with E-state index in [4.69, 9.17) is 4.52 Å². The van der Waals surface area contributed by atoms with Crippen molar-refractivity contribution < 1.29 is 22.8 Å². The lowest BCUT2D eigenvalue weighted by atomic mass is 10.3. The number of anilines is 1. The van der Waals surface area contributed by atoms with Crippen LogP contribution in [-0.4, -0.2) is 65.4 Å². The summed E-state index contributed by atoms with van der Waals surface area (Å²) >= 11 is 0. The van der Waals surface area contributed by atoms with E-state index in [0.717, 1.165) is 4.90 Å². The second-order valence-electron chi connectivity index (χ2n) is 5.78. The third-order valence-corrected chi connectivity index (χ3v) is 5.73. The molecule has 0 aliphatic carbocycles. The van der Waals surface area contributed by atoms with Gasteiger partial charge in [0.15, 0.2) is 5.76 Å². The maximum Gasteiger partial charge on any atom is 0.408 e. The summed E-state index contributed by atoms with van der Waals surface area (Å²) < 4.78 is 32.8. The van der Waals surface area contributed by atoms with E-state index in [-0.39, 0.29) is 29.4 Å². The predicted octanol–water partition coefficient (Wildman–Crippen LogP) is 0.186. The number of carbonyl (C=O) groups is 1. The normalized spacial score (nSPS) is 18.2. The summed E-state index contributed by atoms with van der Waals surface area (Å²) in [5.74, 6) is 0.678. The van der Waals surface area contributed by atoms with Gasteiger partial charge in [-0.15, -0.1) is 0 Å². The molecule has 0 bridgehead atoms. The molecule has 1 atom stereocenters. The van der Waals surface area contributed by atoms with Gasteiger partial charge < -0.3 is 14.5 Å². The highest BCUT2D eigenvalue weighted by Gasteiger charge is 2.36. The summed E-state index contributed by atoms with van der Waals surface area (Å²) in [4.78, 5) is 22.4. The zero-order chi connectivity index (χ0) is 18.9. The van der Waals surface area contributed by atoms with Crippen molar-refractivity contribution in [2.24, 2.45) is 0 Å². The van der Waals surface area contributed by atoms with Crippen LogP contribution in [0.2, 0.25) is 0 Å². The Balaban J connectivity index is 1.87. The molecule has 3 heterocycles. The number of sulfonamides is 1. The Morgan fingerprint density at radius 1 is 1.35 bits per heavy atom. The minimum absolute atomic E-state index is 0.0838. The van der Waals surface area contributed by atoms with Crippen LogP contribution in [-0.2, 0) is 10.0 Å². The highest BCUT2D eigenvalue weighted by molar-refractivity contribution is 7.89. The fraction of sp³-hybridized carbons (Fsp3) is 0.429. The Kier molecular flexibility index (Phi) is 4.78. The average Bonchev–Trinajstić information content (AvgIpc) is 2.94. The fourth-order valence-electron chi connectivity index (χ4n) is 2.87. The van der Waals surface area contributed by atoms with E-state index in [2.05, 4.69) is 19.8 Å². The van der Waals surface area contributed by atoms with E-state index in [1.807, 2.05) is 0 Å². The first-order valence-corrected chi connectivity index (χ1v) is 9.23. The molecule has 1 saturated heterocycles. The van der Waals surface area contributed by atoms with Crippen molar-refractivity contribution in [1.29, 1.82) is 0 Å². The molecule has 1 aliphatic rings. The molecule has 0 aromatic carbocycles. The molecule has 2 N–H and O–H groups in total. The summed E-state index contributed by atoms with van der Waals surface area (Å²) in [5, 5.41) is 13.1. The van der Waals surface area contributed by atoms with Crippen LogP contribution in [0.1, 0.15) is 11.5 Å². The highest BCUT2D eigenvalue weighted by atomic mass is 32.2. The maximum atomic E-state index is 12.7. The van der Waals surface area contributed by atoms with Crippen molar-refractivity contribution >= 4 is 21.9 Å². The minimum Gasteiger partial charge on any atom is -0.465 e. The van der Waals surface area contributed by atoms with Gasteiger partial charge in [-0.25, -0.2) is 18.2 Å². The third kappa shape index (κ3) is 3.46. The van der Waals surface area contributed by atoms with Gasteiger partial charge in [0.1, 0.15) is 22.6 Å². The number of aromatic nitrogens is 3. The number of nitrogens with one attached hydrogen (secondary N) is 1. The lowest BCUT2D eigenvalue weighted by Crippen LogP contribution is -2.61. The molecule has 1 aliphatic heterocycles. The molecule has 1 fully saturated rings.